The highest BCUT2D eigenvalue weighted by molar-refractivity contribution is 5.79. The number of hydrogen-bond acceptors (Lipinski definition) is 5. The van der Waals surface area contributed by atoms with Gasteiger partial charge in [0.25, 0.3) is 0 Å². The molecule has 6 heteroatoms. The SMILES string of the molecule is COc1ccc2c(c1)CC1(CCNC1C=O)N2c1ccc(-c2cn[nH]c2)cc1. The van der Waals surface area contributed by atoms with Gasteiger partial charge in [-0.15, -0.1) is 0 Å². The minimum Gasteiger partial charge on any atom is -0.497 e. The van der Waals surface area contributed by atoms with Crippen LogP contribution in [0.15, 0.2) is 54.9 Å². The van der Waals surface area contributed by atoms with Crippen molar-refractivity contribution in [3.63, 3.8) is 0 Å². The predicted octanol–water partition coefficient (Wildman–Crippen LogP) is 3.08. The number of nitrogens with zero attached hydrogens (tertiary/aromatic N) is 2. The fraction of sp³-hybridized carbons (Fsp3) is 0.273. The van der Waals surface area contributed by atoms with Crippen molar-refractivity contribution in [2.75, 3.05) is 18.6 Å². The Hall–Kier alpha value is -3.12. The third-order valence-electron chi connectivity index (χ3n) is 6.06. The zero-order valence-electron chi connectivity index (χ0n) is 15.7. The van der Waals surface area contributed by atoms with Crippen LogP contribution in [0.4, 0.5) is 11.4 Å². The lowest BCUT2D eigenvalue weighted by molar-refractivity contribution is -0.110. The van der Waals surface area contributed by atoms with Crippen LogP contribution in [0, 0.1) is 0 Å². The van der Waals surface area contributed by atoms with Crippen molar-refractivity contribution < 1.29 is 9.53 Å². The summed E-state index contributed by atoms with van der Waals surface area (Å²) in [5.41, 5.74) is 5.33. The van der Waals surface area contributed by atoms with E-state index in [-0.39, 0.29) is 11.6 Å². The number of hydrogen-bond donors (Lipinski definition) is 2. The molecule has 3 heterocycles. The van der Waals surface area contributed by atoms with Crippen LogP contribution in [0.1, 0.15) is 12.0 Å². The Balaban J connectivity index is 1.61. The predicted molar refractivity (Wildman–Crippen MR) is 108 cm³/mol. The van der Waals surface area contributed by atoms with Gasteiger partial charge in [0.2, 0.25) is 0 Å². The first kappa shape index (κ1) is 17.0. The Morgan fingerprint density at radius 1 is 1.21 bits per heavy atom. The van der Waals surface area contributed by atoms with Crippen molar-refractivity contribution in [2.45, 2.75) is 24.4 Å². The molecule has 2 N–H and O–H groups in total. The summed E-state index contributed by atoms with van der Waals surface area (Å²) in [5, 5.41) is 10.3. The minimum absolute atomic E-state index is 0.209. The second-order valence-electron chi connectivity index (χ2n) is 7.46. The summed E-state index contributed by atoms with van der Waals surface area (Å²) >= 11 is 0. The average Bonchev–Trinajstić information content (AvgIpc) is 3.46. The lowest BCUT2D eigenvalue weighted by Crippen LogP contribution is -2.53. The van der Waals surface area contributed by atoms with E-state index in [1.165, 1.54) is 5.56 Å². The van der Waals surface area contributed by atoms with E-state index < -0.39 is 0 Å². The lowest BCUT2D eigenvalue weighted by Gasteiger charge is -2.39. The highest BCUT2D eigenvalue weighted by Crippen LogP contribution is 2.49. The highest BCUT2D eigenvalue weighted by Gasteiger charge is 2.52. The first-order valence-corrected chi connectivity index (χ1v) is 9.50. The van der Waals surface area contributed by atoms with Gasteiger partial charge < -0.3 is 19.7 Å². The van der Waals surface area contributed by atoms with E-state index >= 15 is 0 Å². The van der Waals surface area contributed by atoms with Crippen LogP contribution in [-0.2, 0) is 11.2 Å². The Morgan fingerprint density at radius 3 is 2.79 bits per heavy atom. The first-order valence-electron chi connectivity index (χ1n) is 9.50. The number of fused-ring (bicyclic) bond motifs is 1. The second kappa shape index (κ2) is 6.49. The summed E-state index contributed by atoms with van der Waals surface area (Å²) in [6.07, 6.45) is 6.49. The molecule has 1 spiro atoms. The Bertz CT molecular complexity index is 1000. The maximum atomic E-state index is 11.9. The summed E-state index contributed by atoms with van der Waals surface area (Å²) < 4.78 is 5.43. The largest absolute Gasteiger partial charge is 0.497 e. The van der Waals surface area contributed by atoms with Crippen LogP contribution in [0.2, 0.25) is 0 Å². The van der Waals surface area contributed by atoms with Gasteiger partial charge in [0, 0.05) is 29.6 Å². The van der Waals surface area contributed by atoms with Crippen LogP contribution in [0.5, 0.6) is 5.75 Å². The van der Waals surface area contributed by atoms with Gasteiger partial charge in [-0.25, -0.2) is 0 Å². The molecule has 2 aromatic carbocycles. The zero-order chi connectivity index (χ0) is 19.1. The van der Waals surface area contributed by atoms with Crippen molar-refractivity contribution in [1.29, 1.82) is 0 Å². The molecule has 0 radical (unpaired) electrons. The molecule has 2 aliphatic heterocycles. The van der Waals surface area contributed by atoms with Crippen LogP contribution in [0.25, 0.3) is 11.1 Å². The molecule has 1 aromatic heterocycles. The molecule has 2 unspecified atom stereocenters. The number of anilines is 2. The molecular formula is C22H22N4O2. The Labute approximate surface area is 163 Å². The summed E-state index contributed by atoms with van der Waals surface area (Å²) in [4.78, 5) is 14.3. The molecule has 0 aliphatic carbocycles. The molecule has 1 saturated heterocycles. The van der Waals surface area contributed by atoms with Gasteiger partial charge in [-0.2, -0.15) is 5.10 Å². The van der Waals surface area contributed by atoms with Crippen molar-refractivity contribution in [1.82, 2.24) is 15.5 Å². The third-order valence-corrected chi connectivity index (χ3v) is 6.06. The van der Waals surface area contributed by atoms with E-state index in [2.05, 4.69) is 56.8 Å². The number of carbonyl (C=O) groups excluding carboxylic acids is 1. The fourth-order valence-electron chi connectivity index (χ4n) is 4.72. The maximum absolute atomic E-state index is 11.9. The number of carbonyl (C=O) groups is 1. The van der Waals surface area contributed by atoms with Crippen molar-refractivity contribution in [3.8, 4) is 16.9 Å². The molecule has 3 aromatic rings. The number of methoxy groups -OCH3 is 1. The van der Waals surface area contributed by atoms with E-state index in [0.29, 0.717) is 0 Å². The van der Waals surface area contributed by atoms with E-state index in [9.17, 15) is 4.79 Å². The van der Waals surface area contributed by atoms with E-state index in [1.807, 2.05) is 18.5 Å². The number of aromatic amines is 1. The number of aldehydes is 1. The molecule has 2 aliphatic rings. The van der Waals surface area contributed by atoms with Crippen LogP contribution in [-0.4, -0.2) is 41.7 Å². The van der Waals surface area contributed by atoms with E-state index in [4.69, 9.17) is 4.74 Å². The molecule has 5 rings (SSSR count). The van der Waals surface area contributed by atoms with Gasteiger partial charge in [-0.05, 0) is 54.4 Å². The monoisotopic (exact) mass is 374 g/mol. The number of aromatic nitrogens is 2. The molecule has 1 fully saturated rings. The number of ether oxygens (including phenoxy) is 1. The fourth-order valence-corrected chi connectivity index (χ4v) is 4.72. The van der Waals surface area contributed by atoms with E-state index in [1.54, 1.807) is 7.11 Å². The standard InChI is InChI=1S/C22H22N4O2/c1-28-19-6-7-20-16(10-19)11-22(8-9-23-21(22)14-27)26(20)18-4-2-15(3-5-18)17-12-24-25-13-17/h2-7,10,12-14,21,23H,8-9,11H2,1H3,(H,24,25). The Kier molecular flexibility index (Phi) is 3.94. The normalized spacial score (nSPS) is 23.2. The maximum Gasteiger partial charge on any atom is 0.139 e. The van der Waals surface area contributed by atoms with Gasteiger partial charge >= 0.3 is 0 Å². The van der Waals surface area contributed by atoms with Crippen molar-refractivity contribution in [2.24, 2.45) is 0 Å². The van der Waals surface area contributed by atoms with Crippen LogP contribution < -0.4 is 15.0 Å². The lowest BCUT2D eigenvalue weighted by atomic mass is 9.86. The minimum atomic E-state index is -0.284. The van der Waals surface area contributed by atoms with Crippen LogP contribution in [0.3, 0.4) is 0 Å². The van der Waals surface area contributed by atoms with Gasteiger partial charge in [-0.1, -0.05) is 12.1 Å². The van der Waals surface area contributed by atoms with Crippen molar-refractivity contribution >= 4 is 17.7 Å². The molecular weight excluding hydrogens is 352 g/mol. The molecule has 0 amide bonds. The summed E-state index contributed by atoms with van der Waals surface area (Å²) in [7, 11) is 1.68. The molecule has 2 atom stereocenters. The van der Waals surface area contributed by atoms with Gasteiger partial charge in [0.15, 0.2) is 0 Å². The third kappa shape index (κ3) is 2.45. The first-order chi connectivity index (χ1) is 13.7. The average molecular weight is 374 g/mol. The van der Waals surface area contributed by atoms with Crippen molar-refractivity contribution in [3.05, 3.63) is 60.4 Å². The quantitative estimate of drug-likeness (QED) is 0.687. The summed E-state index contributed by atoms with van der Waals surface area (Å²) in [6, 6.07) is 14.4. The number of benzene rings is 2. The smallest absolute Gasteiger partial charge is 0.139 e. The molecule has 0 saturated carbocycles. The van der Waals surface area contributed by atoms with Gasteiger partial charge in [0.1, 0.15) is 12.0 Å². The van der Waals surface area contributed by atoms with E-state index in [0.717, 1.165) is 53.9 Å². The van der Waals surface area contributed by atoms with Gasteiger partial charge in [0.05, 0.1) is 24.9 Å². The molecule has 28 heavy (non-hydrogen) atoms. The molecule has 0 bridgehead atoms. The number of nitrogens with one attached hydrogen (secondary N) is 2. The Morgan fingerprint density at radius 2 is 2.07 bits per heavy atom. The zero-order valence-corrected chi connectivity index (χ0v) is 15.7. The number of H-pyrrole nitrogens is 1. The number of rotatable bonds is 4. The van der Waals surface area contributed by atoms with Crippen LogP contribution >= 0.6 is 0 Å². The molecule has 6 nitrogen and oxygen atoms in total. The summed E-state index contributed by atoms with van der Waals surface area (Å²) in [5.74, 6) is 0.847. The topological polar surface area (TPSA) is 70.2 Å². The molecule has 142 valence electrons. The van der Waals surface area contributed by atoms with Gasteiger partial charge in [-0.3, -0.25) is 5.10 Å². The highest BCUT2D eigenvalue weighted by atomic mass is 16.5. The summed E-state index contributed by atoms with van der Waals surface area (Å²) in [6.45, 7) is 0.831. The second-order valence-corrected chi connectivity index (χ2v) is 7.46.